The van der Waals surface area contributed by atoms with Crippen LogP contribution in [0.5, 0.6) is 0 Å². The molecular formula is C13H24O2S. The van der Waals surface area contributed by atoms with Crippen LogP contribution in [0.15, 0.2) is 0 Å². The van der Waals surface area contributed by atoms with Crippen molar-refractivity contribution in [1.82, 2.24) is 0 Å². The maximum atomic E-state index is 11.2. The molecule has 1 aliphatic rings. The van der Waals surface area contributed by atoms with Gasteiger partial charge in [-0.3, -0.25) is 4.79 Å². The number of carbonyl (C=O) groups is 1. The molecule has 1 saturated carbocycles. The summed E-state index contributed by atoms with van der Waals surface area (Å²) < 4.78 is 0. The van der Waals surface area contributed by atoms with Crippen molar-refractivity contribution in [2.45, 2.75) is 63.4 Å². The Labute approximate surface area is 103 Å². The Hall–Kier alpha value is -0.180. The fourth-order valence-corrected chi connectivity index (χ4v) is 4.02. The van der Waals surface area contributed by atoms with Gasteiger partial charge in [-0.1, -0.05) is 27.2 Å². The monoisotopic (exact) mass is 244 g/mol. The predicted octanol–water partition coefficient (Wildman–Crippen LogP) is 3.80. The molecule has 94 valence electrons. The van der Waals surface area contributed by atoms with Crippen LogP contribution >= 0.6 is 11.8 Å². The number of thioether (sulfide) groups is 1. The van der Waals surface area contributed by atoms with Gasteiger partial charge in [0.05, 0.1) is 5.92 Å². The Balaban J connectivity index is 2.60. The molecule has 3 heteroatoms. The van der Waals surface area contributed by atoms with E-state index in [-0.39, 0.29) is 5.92 Å². The van der Waals surface area contributed by atoms with Gasteiger partial charge in [-0.15, -0.1) is 0 Å². The molecule has 0 saturated heterocycles. The zero-order valence-corrected chi connectivity index (χ0v) is 11.4. The van der Waals surface area contributed by atoms with Gasteiger partial charge in [-0.2, -0.15) is 11.8 Å². The number of rotatable bonds is 5. The molecule has 0 heterocycles. The Kier molecular flexibility index (Phi) is 5.67. The smallest absolute Gasteiger partial charge is 0.307 e. The molecule has 0 aliphatic heterocycles. The second-order valence-electron chi connectivity index (χ2n) is 4.93. The van der Waals surface area contributed by atoms with Crippen LogP contribution in [-0.4, -0.2) is 21.6 Å². The molecular weight excluding hydrogens is 220 g/mol. The van der Waals surface area contributed by atoms with Gasteiger partial charge in [0.15, 0.2) is 0 Å². The first kappa shape index (κ1) is 13.9. The number of aliphatic carboxylic acids is 1. The lowest BCUT2D eigenvalue weighted by Gasteiger charge is -2.34. The SMILES string of the molecule is CCC1CCC(C(=O)O)C(SC(C)CC)C1. The predicted molar refractivity (Wildman–Crippen MR) is 69.9 cm³/mol. The number of carboxylic acid groups (broad SMARTS) is 1. The van der Waals surface area contributed by atoms with Gasteiger partial charge < -0.3 is 5.11 Å². The molecule has 0 bridgehead atoms. The molecule has 1 aliphatic carbocycles. The molecule has 0 aromatic carbocycles. The standard InChI is InChI=1S/C13H24O2S/c1-4-9(3)16-12-8-10(5-2)6-7-11(12)13(14)15/h9-12H,4-8H2,1-3H3,(H,14,15). The summed E-state index contributed by atoms with van der Waals surface area (Å²) in [7, 11) is 0. The van der Waals surface area contributed by atoms with Crippen LogP contribution in [0, 0.1) is 11.8 Å². The van der Waals surface area contributed by atoms with Crippen LogP contribution in [0.4, 0.5) is 0 Å². The summed E-state index contributed by atoms with van der Waals surface area (Å²) in [6, 6.07) is 0. The highest BCUT2D eigenvalue weighted by Gasteiger charge is 2.35. The molecule has 0 aromatic rings. The molecule has 0 spiro atoms. The summed E-state index contributed by atoms with van der Waals surface area (Å²) in [6.45, 7) is 6.60. The Bertz CT molecular complexity index is 228. The first-order chi connectivity index (χ1) is 7.58. The average molecular weight is 244 g/mol. The van der Waals surface area contributed by atoms with Crippen LogP contribution in [0.2, 0.25) is 0 Å². The van der Waals surface area contributed by atoms with Gasteiger partial charge in [0.25, 0.3) is 0 Å². The van der Waals surface area contributed by atoms with Crippen molar-refractivity contribution in [2.75, 3.05) is 0 Å². The minimum atomic E-state index is -0.588. The van der Waals surface area contributed by atoms with Crippen LogP contribution in [0.3, 0.4) is 0 Å². The van der Waals surface area contributed by atoms with Gasteiger partial charge in [0, 0.05) is 10.5 Å². The maximum Gasteiger partial charge on any atom is 0.307 e. The van der Waals surface area contributed by atoms with Crippen LogP contribution in [-0.2, 0) is 4.79 Å². The summed E-state index contributed by atoms with van der Waals surface area (Å²) in [5.74, 6) is 0.0503. The fraction of sp³-hybridized carbons (Fsp3) is 0.923. The quantitative estimate of drug-likeness (QED) is 0.799. The summed E-state index contributed by atoms with van der Waals surface area (Å²) in [4.78, 5) is 11.2. The Morgan fingerprint density at radius 3 is 2.62 bits per heavy atom. The molecule has 4 atom stereocenters. The molecule has 16 heavy (non-hydrogen) atoms. The van der Waals surface area contributed by atoms with Crippen LogP contribution in [0.25, 0.3) is 0 Å². The minimum absolute atomic E-state index is 0.109. The summed E-state index contributed by atoms with van der Waals surface area (Å²) in [6.07, 6.45) is 5.41. The maximum absolute atomic E-state index is 11.2. The Morgan fingerprint density at radius 2 is 2.12 bits per heavy atom. The molecule has 0 amide bonds. The number of carboxylic acids is 1. The Morgan fingerprint density at radius 1 is 1.44 bits per heavy atom. The first-order valence-electron chi connectivity index (χ1n) is 6.46. The second-order valence-corrected chi connectivity index (χ2v) is 6.61. The lowest BCUT2D eigenvalue weighted by atomic mass is 9.80. The van der Waals surface area contributed by atoms with Gasteiger partial charge >= 0.3 is 5.97 Å². The molecule has 0 aromatic heterocycles. The summed E-state index contributed by atoms with van der Waals surface area (Å²) in [5.41, 5.74) is 0. The minimum Gasteiger partial charge on any atom is -0.481 e. The van der Waals surface area contributed by atoms with E-state index in [1.807, 2.05) is 11.8 Å². The van der Waals surface area contributed by atoms with E-state index in [1.165, 1.54) is 6.42 Å². The van der Waals surface area contributed by atoms with Crippen molar-refractivity contribution in [2.24, 2.45) is 11.8 Å². The lowest BCUT2D eigenvalue weighted by Crippen LogP contribution is -2.33. The third-order valence-electron chi connectivity index (χ3n) is 3.78. The third kappa shape index (κ3) is 3.69. The van der Waals surface area contributed by atoms with E-state index in [1.54, 1.807) is 0 Å². The van der Waals surface area contributed by atoms with E-state index < -0.39 is 5.97 Å². The lowest BCUT2D eigenvalue weighted by molar-refractivity contribution is -0.142. The van der Waals surface area contributed by atoms with Crippen LogP contribution < -0.4 is 0 Å². The number of hydrogen-bond acceptors (Lipinski definition) is 2. The molecule has 4 unspecified atom stereocenters. The zero-order valence-electron chi connectivity index (χ0n) is 10.6. The topological polar surface area (TPSA) is 37.3 Å². The van der Waals surface area contributed by atoms with Crippen molar-refractivity contribution in [1.29, 1.82) is 0 Å². The molecule has 0 radical (unpaired) electrons. The van der Waals surface area contributed by atoms with Crippen molar-refractivity contribution in [3.63, 3.8) is 0 Å². The summed E-state index contributed by atoms with van der Waals surface area (Å²) >= 11 is 1.90. The van der Waals surface area contributed by atoms with Gasteiger partial charge in [-0.05, 0) is 31.6 Å². The van der Waals surface area contributed by atoms with Crippen molar-refractivity contribution in [3.05, 3.63) is 0 Å². The van der Waals surface area contributed by atoms with E-state index in [2.05, 4.69) is 20.8 Å². The van der Waals surface area contributed by atoms with Crippen molar-refractivity contribution in [3.8, 4) is 0 Å². The van der Waals surface area contributed by atoms with E-state index in [0.717, 1.165) is 31.6 Å². The van der Waals surface area contributed by atoms with Crippen molar-refractivity contribution >= 4 is 17.7 Å². The molecule has 1 rings (SSSR count). The number of hydrogen-bond donors (Lipinski definition) is 1. The van der Waals surface area contributed by atoms with Crippen molar-refractivity contribution < 1.29 is 9.90 Å². The zero-order chi connectivity index (χ0) is 12.1. The van der Waals surface area contributed by atoms with E-state index in [4.69, 9.17) is 0 Å². The highest BCUT2D eigenvalue weighted by molar-refractivity contribution is 8.00. The molecule has 1 fully saturated rings. The average Bonchev–Trinajstić information content (AvgIpc) is 2.28. The van der Waals surface area contributed by atoms with Gasteiger partial charge in [-0.25, -0.2) is 0 Å². The first-order valence-corrected chi connectivity index (χ1v) is 7.41. The van der Waals surface area contributed by atoms with E-state index in [9.17, 15) is 9.90 Å². The highest BCUT2D eigenvalue weighted by Crippen LogP contribution is 2.40. The van der Waals surface area contributed by atoms with E-state index >= 15 is 0 Å². The molecule has 2 nitrogen and oxygen atoms in total. The second kappa shape index (κ2) is 6.53. The third-order valence-corrected chi connectivity index (χ3v) is 5.45. The molecule has 1 N–H and O–H groups in total. The van der Waals surface area contributed by atoms with Gasteiger partial charge in [0.2, 0.25) is 0 Å². The van der Waals surface area contributed by atoms with E-state index in [0.29, 0.717) is 10.5 Å². The fourth-order valence-electron chi connectivity index (χ4n) is 2.41. The normalized spacial score (nSPS) is 32.3. The van der Waals surface area contributed by atoms with Gasteiger partial charge in [0.1, 0.15) is 0 Å². The largest absolute Gasteiger partial charge is 0.481 e. The van der Waals surface area contributed by atoms with Crippen LogP contribution in [0.1, 0.15) is 52.9 Å². The highest BCUT2D eigenvalue weighted by atomic mass is 32.2. The summed E-state index contributed by atoms with van der Waals surface area (Å²) in [5, 5.41) is 10.2.